The van der Waals surface area contributed by atoms with Crippen LogP contribution in [0.5, 0.6) is 0 Å². The third kappa shape index (κ3) is 6.24. The molecule has 0 saturated carbocycles. The molecule has 204 valence electrons. The fourth-order valence-electron chi connectivity index (χ4n) is 4.91. The van der Waals surface area contributed by atoms with Crippen molar-refractivity contribution in [2.75, 3.05) is 22.3 Å². The molecule has 0 atom stereocenters. The Morgan fingerprint density at radius 1 is 0.500 bits per heavy atom. The summed E-state index contributed by atoms with van der Waals surface area (Å²) in [6.07, 6.45) is 1.88. The lowest BCUT2D eigenvalue weighted by Gasteiger charge is -2.25. The first-order valence-electron chi connectivity index (χ1n) is 14.0. The van der Waals surface area contributed by atoms with Gasteiger partial charge in [0.25, 0.3) is 0 Å². The van der Waals surface area contributed by atoms with Crippen molar-refractivity contribution in [2.45, 2.75) is 0 Å². The number of anilines is 6. The van der Waals surface area contributed by atoms with Crippen LogP contribution in [-0.2, 0) is 0 Å². The van der Waals surface area contributed by atoms with Crippen molar-refractivity contribution >= 4 is 40.3 Å². The fourth-order valence-corrected chi connectivity index (χ4v) is 4.91. The van der Waals surface area contributed by atoms with Crippen molar-refractivity contribution in [2.24, 2.45) is 5.10 Å². The molecule has 0 bridgehead atoms. The number of rotatable bonds is 9. The lowest BCUT2D eigenvalue weighted by Crippen LogP contribution is -2.09. The Kier molecular flexibility index (Phi) is 8.05. The molecular weight excluding hydrogens is 512 g/mol. The van der Waals surface area contributed by atoms with Crippen molar-refractivity contribution in [3.8, 4) is 11.1 Å². The van der Waals surface area contributed by atoms with Gasteiger partial charge in [-0.15, -0.1) is 0 Å². The van der Waals surface area contributed by atoms with Crippen LogP contribution >= 0.6 is 0 Å². The van der Waals surface area contributed by atoms with E-state index in [-0.39, 0.29) is 0 Å². The van der Waals surface area contributed by atoms with Gasteiger partial charge in [0.1, 0.15) is 0 Å². The number of hydrazone groups is 1. The average Bonchev–Trinajstić information content (AvgIpc) is 3.06. The Morgan fingerprint density at radius 3 is 1.60 bits per heavy atom. The minimum atomic E-state index is 1.02. The summed E-state index contributed by atoms with van der Waals surface area (Å²) in [4.78, 5) is 2.27. The van der Waals surface area contributed by atoms with Gasteiger partial charge in [0.2, 0.25) is 0 Å². The first kappa shape index (κ1) is 26.6. The van der Waals surface area contributed by atoms with Crippen molar-refractivity contribution in [3.05, 3.63) is 169 Å². The Bertz CT molecular complexity index is 1690. The van der Waals surface area contributed by atoms with Crippen molar-refractivity contribution < 1.29 is 0 Å². The molecule has 0 unspecified atom stereocenters. The van der Waals surface area contributed by atoms with Gasteiger partial charge < -0.3 is 10.2 Å². The zero-order valence-corrected chi connectivity index (χ0v) is 23.5. The van der Waals surface area contributed by atoms with Gasteiger partial charge in [0.15, 0.2) is 0 Å². The highest BCUT2D eigenvalue weighted by atomic mass is 15.4. The number of hydrogen-bond donors (Lipinski definition) is 1. The Hall–Kier alpha value is -5.61. The van der Waals surface area contributed by atoms with Gasteiger partial charge in [0.05, 0.1) is 11.9 Å². The van der Waals surface area contributed by atoms with E-state index in [4.69, 9.17) is 0 Å². The normalized spacial score (nSPS) is 10.9. The van der Waals surface area contributed by atoms with Gasteiger partial charge in [-0.2, -0.15) is 5.10 Å². The summed E-state index contributed by atoms with van der Waals surface area (Å²) < 4.78 is 0. The van der Waals surface area contributed by atoms with Crippen LogP contribution in [0.15, 0.2) is 169 Å². The quantitative estimate of drug-likeness (QED) is 0.145. The molecule has 6 aromatic carbocycles. The summed E-state index contributed by atoms with van der Waals surface area (Å²) >= 11 is 0. The van der Waals surface area contributed by atoms with Gasteiger partial charge in [-0.1, -0.05) is 97.1 Å². The molecule has 1 N–H and O–H groups in total. The molecule has 0 aliphatic carbocycles. The lowest BCUT2D eigenvalue weighted by molar-refractivity contribution is 1.02. The van der Waals surface area contributed by atoms with Crippen LogP contribution in [-0.4, -0.2) is 13.3 Å². The van der Waals surface area contributed by atoms with E-state index in [2.05, 4.69) is 137 Å². The van der Waals surface area contributed by atoms with Gasteiger partial charge >= 0.3 is 0 Å². The molecule has 0 amide bonds. The maximum absolute atomic E-state index is 4.57. The second-order valence-corrected chi connectivity index (χ2v) is 9.95. The van der Waals surface area contributed by atoms with Crippen molar-refractivity contribution in [1.29, 1.82) is 0 Å². The van der Waals surface area contributed by atoms with E-state index >= 15 is 0 Å². The van der Waals surface area contributed by atoms with Crippen LogP contribution in [0.4, 0.5) is 34.1 Å². The Morgan fingerprint density at radius 2 is 1.00 bits per heavy atom. The van der Waals surface area contributed by atoms with Crippen LogP contribution in [0.2, 0.25) is 0 Å². The van der Waals surface area contributed by atoms with Crippen LogP contribution in [0.25, 0.3) is 11.1 Å². The van der Waals surface area contributed by atoms with Crippen LogP contribution in [0.3, 0.4) is 0 Å². The van der Waals surface area contributed by atoms with Crippen LogP contribution in [0.1, 0.15) is 5.56 Å². The van der Waals surface area contributed by atoms with E-state index < -0.39 is 0 Å². The molecule has 0 aliphatic rings. The highest BCUT2D eigenvalue weighted by Crippen LogP contribution is 2.36. The summed E-state index contributed by atoms with van der Waals surface area (Å²) in [5, 5.41) is 10.1. The minimum Gasteiger partial charge on any atom is -0.355 e. The number of hydrogen-bond acceptors (Lipinski definition) is 4. The summed E-state index contributed by atoms with van der Waals surface area (Å²) in [6.45, 7) is 0. The van der Waals surface area contributed by atoms with Gasteiger partial charge in [-0.05, 0) is 77.9 Å². The zero-order valence-electron chi connectivity index (χ0n) is 23.5. The summed E-state index contributed by atoms with van der Waals surface area (Å²) in [6, 6.07) is 56.5. The summed E-state index contributed by atoms with van der Waals surface area (Å²) in [5.41, 5.74) is 9.80. The predicted molar refractivity (Wildman–Crippen MR) is 179 cm³/mol. The van der Waals surface area contributed by atoms with Crippen molar-refractivity contribution in [3.63, 3.8) is 0 Å². The minimum absolute atomic E-state index is 1.02. The van der Waals surface area contributed by atoms with E-state index in [1.54, 1.807) is 0 Å². The van der Waals surface area contributed by atoms with E-state index in [1.165, 1.54) is 0 Å². The topological polar surface area (TPSA) is 30.9 Å². The molecule has 0 aromatic heterocycles. The summed E-state index contributed by atoms with van der Waals surface area (Å²) in [7, 11) is 1.95. The van der Waals surface area contributed by atoms with Crippen LogP contribution < -0.4 is 15.2 Å². The van der Waals surface area contributed by atoms with Gasteiger partial charge in [-0.25, -0.2) is 0 Å². The average molecular weight is 545 g/mol. The molecule has 0 spiro atoms. The molecule has 0 saturated heterocycles. The maximum atomic E-state index is 4.57. The number of para-hydroxylation sites is 4. The molecule has 42 heavy (non-hydrogen) atoms. The van der Waals surface area contributed by atoms with Gasteiger partial charge in [-0.3, -0.25) is 5.01 Å². The Balaban J connectivity index is 1.20. The largest absolute Gasteiger partial charge is 0.355 e. The SMILES string of the molecule is CN(/N=C/c1ccc(Nc2ccccc2-c2ccc(N(c3ccccc3)c3ccccc3)cc2)cc1)c1ccccc1. The monoisotopic (exact) mass is 544 g/mol. The number of nitrogens with one attached hydrogen (secondary N) is 1. The van der Waals surface area contributed by atoms with Crippen molar-refractivity contribution in [1.82, 2.24) is 0 Å². The highest BCUT2D eigenvalue weighted by molar-refractivity contribution is 5.85. The first-order chi connectivity index (χ1) is 20.7. The third-order valence-corrected chi connectivity index (χ3v) is 7.09. The standard InChI is InChI=1S/C38H32N4/c1-41(33-13-5-2-6-14-33)39-29-30-21-25-32(26-22-30)40-38-20-12-11-19-37(38)31-23-27-36(28-24-31)42(34-15-7-3-8-16-34)35-17-9-4-10-18-35/h2-29,40H,1H3/b39-29+. The number of nitrogens with zero attached hydrogens (tertiary/aromatic N) is 3. The first-order valence-corrected chi connectivity index (χ1v) is 14.0. The van der Waals surface area contributed by atoms with E-state index in [9.17, 15) is 0 Å². The second kappa shape index (κ2) is 12.7. The van der Waals surface area contributed by atoms with E-state index in [0.717, 1.165) is 50.8 Å². The third-order valence-electron chi connectivity index (χ3n) is 7.09. The molecule has 0 heterocycles. The molecule has 4 heteroatoms. The molecular formula is C38H32N4. The molecule has 0 aliphatic heterocycles. The number of benzene rings is 6. The lowest BCUT2D eigenvalue weighted by atomic mass is 10.0. The van der Waals surface area contributed by atoms with E-state index in [0.29, 0.717) is 0 Å². The fraction of sp³-hybridized carbons (Fsp3) is 0.0263. The molecule has 0 fully saturated rings. The smallest absolute Gasteiger partial charge is 0.0590 e. The highest BCUT2D eigenvalue weighted by Gasteiger charge is 2.13. The zero-order chi connectivity index (χ0) is 28.6. The van der Waals surface area contributed by atoms with E-state index in [1.807, 2.05) is 60.7 Å². The summed E-state index contributed by atoms with van der Waals surface area (Å²) in [5.74, 6) is 0. The van der Waals surface area contributed by atoms with Crippen LogP contribution in [0, 0.1) is 0 Å². The molecule has 0 radical (unpaired) electrons. The second-order valence-electron chi connectivity index (χ2n) is 9.95. The molecule has 4 nitrogen and oxygen atoms in total. The predicted octanol–water partition coefficient (Wildman–Crippen LogP) is 10.0. The maximum Gasteiger partial charge on any atom is 0.0590 e. The van der Waals surface area contributed by atoms with Gasteiger partial charge in [0, 0.05) is 41.0 Å². The Labute approximate surface area is 247 Å². The molecule has 6 rings (SSSR count). The molecule has 6 aromatic rings.